The van der Waals surface area contributed by atoms with Crippen LogP contribution in [0.2, 0.25) is 5.02 Å². The normalized spacial score (nSPS) is 14.7. The first-order chi connectivity index (χ1) is 14.2. The van der Waals surface area contributed by atoms with E-state index < -0.39 is 15.9 Å². The Morgan fingerprint density at radius 1 is 0.967 bits per heavy atom. The highest BCUT2D eigenvalue weighted by atomic mass is 35.5. The summed E-state index contributed by atoms with van der Waals surface area (Å²) in [6.45, 7) is 0. The third-order valence-corrected chi connectivity index (χ3v) is 5.81. The highest BCUT2D eigenvalue weighted by Gasteiger charge is 2.20. The summed E-state index contributed by atoms with van der Waals surface area (Å²) < 4.78 is 25.2. The Morgan fingerprint density at radius 3 is 2.37 bits per heavy atom. The largest absolute Gasteiger partial charge is 0.349 e. The smallest absolute Gasteiger partial charge is 0.257 e. The quantitative estimate of drug-likeness (QED) is 0.619. The van der Waals surface area contributed by atoms with Gasteiger partial charge in [-0.3, -0.25) is 14.3 Å². The van der Waals surface area contributed by atoms with Crippen LogP contribution in [-0.4, -0.2) is 32.5 Å². The molecule has 0 spiro atoms. The molecule has 3 rings (SSSR count). The van der Waals surface area contributed by atoms with Gasteiger partial charge in [-0.25, -0.2) is 8.42 Å². The average Bonchev–Trinajstić information content (AvgIpc) is 2.69. The van der Waals surface area contributed by atoms with E-state index in [4.69, 9.17) is 11.6 Å². The highest BCUT2D eigenvalue weighted by molar-refractivity contribution is 7.92. The summed E-state index contributed by atoms with van der Waals surface area (Å²) in [5.41, 5.74) is 1.02. The molecule has 0 aromatic heterocycles. The number of sulfonamides is 1. The number of carbonyl (C=O) groups is 2. The number of hydrogen-bond donors (Lipinski definition) is 3. The van der Waals surface area contributed by atoms with Crippen LogP contribution in [0.1, 0.15) is 52.8 Å². The second kappa shape index (κ2) is 9.49. The van der Waals surface area contributed by atoms with E-state index in [1.165, 1.54) is 24.6 Å². The number of amides is 2. The maximum atomic E-state index is 12.8. The zero-order chi connectivity index (χ0) is 21.7. The van der Waals surface area contributed by atoms with Crippen molar-refractivity contribution in [3.05, 3.63) is 58.6 Å². The molecule has 0 radical (unpaired) electrons. The molecule has 0 saturated heterocycles. The van der Waals surface area contributed by atoms with E-state index in [0.29, 0.717) is 11.3 Å². The first kappa shape index (κ1) is 22.1. The molecule has 7 nitrogen and oxygen atoms in total. The van der Waals surface area contributed by atoms with Crippen LogP contribution in [0.5, 0.6) is 0 Å². The molecular formula is C21H24ClN3O4S. The van der Waals surface area contributed by atoms with Crippen LogP contribution >= 0.6 is 11.6 Å². The molecule has 0 unspecified atom stereocenters. The number of benzene rings is 2. The van der Waals surface area contributed by atoms with Crippen molar-refractivity contribution in [2.75, 3.05) is 16.3 Å². The number of para-hydroxylation sites is 1. The summed E-state index contributed by atoms with van der Waals surface area (Å²) in [5, 5.41) is 5.92. The summed E-state index contributed by atoms with van der Waals surface area (Å²) >= 11 is 6.14. The number of anilines is 2. The molecular weight excluding hydrogens is 426 g/mol. The first-order valence-electron chi connectivity index (χ1n) is 9.71. The predicted octanol–water partition coefficient (Wildman–Crippen LogP) is 4.03. The topological polar surface area (TPSA) is 104 Å². The number of halogens is 1. The SMILES string of the molecule is CS(=O)(=O)Nc1ccc(Cl)c(C(=O)Nc2ccccc2C(=O)NC2CCCCC2)c1. The van der Waals surface area contributed by atoms with Crippen molar-refractivity contribution in [2.45, 2.75) is 38.1 Å². The first-order valence-corrected chi connectivity index (χ1v) is 12.0. The van der Waals surface area contributed by atoms with Crippen LogP contribution in [0.3, 0.4) is 0 Å². The van der Waals surface area contributed by atoms with Crippen LogP contribution in [0.15, 0.2) is 42.5 Å². The molecule has 2 aromatic carbocycles. The molecule has 1 saturated carbocycles. The number of hydrogen-bond acceptors (Lipinski definition) is 4. The van der Waals surface area contributed by atoms with Gasteiger partial charge < -0.3 is 10.6 Å². The van der Waals surface area contributed by atoms with Gasteiger partial charge in [0.1, 0.15) is 0 Å². The molecule has 3 N–H and O–H groups in total. The van der Waals surface area contributed by atoms with Gasteiger partial charge in [0.25, 0.3) is 11.8 Å². The van der Waals surface area contributed by atoms with Crippen molar-refractivity contribution in [2.24, 2.45) is 0 Å². The number of nitrogens with one attached hydrogen (secondary N) is 3. The molecule has 0 atom stereocenters. The molecule has 2 aromatic rings. The molecule has 9 heteroatoms. The van der Waals surface area contributed by atoms with E-state index in [2.05, 4.69) is 15.4 Å². The molecule has 1 aliphatic rings. The van der Waals surface area contributed by atoms with Crippen molar-refractivity contribution in [1.82, 2.24) is 5.32 Å². The number of carbonyl (C=O) groups excluding carboxylic acids is 2. The fourth-order valence-corrected chi connectivity index (χ4v) is 4.23. The van der Waals surface area contributed by atoms with E-state index in [-0.39, 0.29) is 28.2 Å². The van der Waals surface area contributed by atoms with Crippen LogP contribution in [0.4, 0.5) is 11.4 Å². The summed E-state index contributed by atoms with van der Waals surface area (Å²) in [4.78, 5) is 25.6. The standard InChI is InChI=1S/C21H24ClN3O4S/c1-30(28,29)25-15-11-12-18(22)17(13-15)21(27)24-19-10-6-5-9-16(19)20(26)23-14-7-3-2-4-8-14/h5-6,9-14,25H,2-4,7-8H2,1H3,(H,23,26)(H,24,27). The lowest BCUT2D eigenvalue weighted by atomic mass is 9.95. The van der Waals surface area contributed by atoms with Gasteiger partial charge in [-0.1, -0.05) is 43.0 Å². The second-order valence-electron chi connectivity index (χ2n) is 7.38. The fraction of sp³-hybridized carbons (Fsp3) is 0.333. The Balaban J connectivity index is 1.79. The third kappa shape index (κ3) is 5.96. The molecule has 1 fully saturated rings. The molecule has 0 heterocycles. The van der Waals surface area contributed by atoms with Gasteiger partial charge >= 0.3 is 0 Å². The molecule has 1 aliphatic carbocycles. The molecule has 2 amide bonds. The van der Waals surface area contributed by atoms with Crippen LogP contribution in [0.25, 0.3) is 0 Å². The summed E-state index contributed by atoms with van der Waals surface area (Å²) in [6, 6.07) is 11.1. The van der Waals surface area contributed by atoms with Gasteiger partial charge in [0.15, 0.2) is 0 Å². The van der Waals surface area contributed by atoms with Crippen LogP contribution < -0.4 is 15.4 Å². The Hall–Kier alpha value is -2.58. The van der Waals surface area contributed by atoms with E-state index in [9.17, 15) is 18.0 Å². The predicted molar refractivity (Wildman–Crippen MR) is 119 cm³/mol. The highest BCUT2D eigenvalue weighted by Crippen LogP contribution is 2.24. The van der Waals surface area contributed by atoms with Crippen molar-refractivity contribution in [1.29, 1.82) is 0 Å². The minimum Gasteiger partial charge on any atom is -0.349 e. The lowest BCUT2D eigenvalue weighted by Crippen LogP contribution is -2.36. The van der Waals surface area contributed by atoms with Crippen LogP contribution in [-0.2, 0) is 10.0 Å². The lowest BCUT2D eigenvalue weighted by molar-refractivity contribution is 0.0928. The van der Waals surface area contributed by atoms with Crippen molar-refractivity contribution in [3.63, 3.8) is 0 Å². The van der Waals surface area contributed by atoms with E-state index in [0.717, 1.165) is 31.9 Å². The minimum atomic E-state index is -3.50. The van der Waals surface area contributed by atoms with Gasteiger partial charge in [0, 0.05) is 11.7 Å². The average molecular weight is 450 g/mol. The zero-order valence-corrected chi connectivity index (χ0v) is 18.1. The maximum absolute atomic E-state index is 12.8. The third-order valence-electron chi connectivity index (χ3n) is 4.87. The minimum absolute atomic E-state index is 0.0906. The van der Waals surface area contributed by atoms with Crippen LogP contribution in [0, 0.1) is 0 Å². The summed E-state index contributed by atoms with van der Waals surface area (Å²) in [6.07, 6.45) is 6.31. The van der Waals surface area contributed by atoms with E-state index in [1.807, 2.05) is 0 Å². The van der Waals surface area contributed by atoms with E-state index in [1.54, 1.807) is 24.3 Å². The lowest BCUT2D eigenvalue weighted by Gasteiger charge is -2.23. The van der Waals surface area contributed by atoms with Crippen molar-refractivity contribution < 1.29 is 18.0 Å². The Morgan fingerprint density at radius 2 is 1.67 bits per heavy atom. The van der Waals surface area contributed by atoms with Gasteiger partial charge in [0.2, 0.25) is 10.0 Å². The molecule has 30 heavy (non-hydrogen) atoms. The van der Waals surface area contributed by atoms with Gasteiger partial charge in [0.05, 0.1) is 28.1 Å². The van der Waals surface area contributed by atoms with Gasteiger partial charge in [-0.15, -0.1) is 0 Å². The van der Waals surface area contributed by atoms with Crippen molar-refractivity contribution in [3.8, 4) is 0 Å². The monoisotopic (exact) mass is 449 g/mol. The Bertz CT molecular complexity index is 1050. The Kier molecular flexibility index (Phi) is 6.99. The maximum Gasteiger partial charge on any atom is 0.257 e. The van der Waals surface area contributed by atoms with E-state index >= 15 is 0 Å². The van der Waals surface area contributed by atoms with Gasteiger partial charge in [-0.05, 0) is 43.2 Å². The second-order valence-corrected chi connectivity index (χ2v) is 9.53. The van der Waals surface area contributed by atoms with Gasteiger partial charge in [-0.2, -0.15) is 0 Å². The zero-order valence-electron chi connectivity index (χ0n) is 16.6. The molecule has 0 bridgehead atoms. The summed E-state index contributed by atoms with van der Waals surface area (Å²) in [7, 11) is -3.50. The molecule has 0 aliphatic heterocycles. The fourth-order valence-electron chi connectivity index (χ4n) is 3.47. The molecule has 160 valence electrons. The Labute approximate surface area is 181 Å². The van der Waals surface area contributed by atoms with Crippen molar-refractivity contribution >= 4 is 44.8 Å². The summed E-state index contributed by atoms with van der Waals surface area (Å²) in [5.74, 6) is -0.786. The number of rotatable bonds is 6.